The number of benzene rings is 2. The molecule has 0 atom stereocenters. The van der Waals surface area contributed by atoms with Crippen molar-refractivity contribution >= 4 is 52.4 Å². The summed E-state index contributed by atoms with van der Waals surface area (Å²) in [4.78, 5) is 53.5. The number of likely N-dealkylation sites (tertiary alicyclic amines) is 1. The molecule has 2 saturated heterocycles. The van der Waals surface area contributed by atoms with Crippen LogP contribution in [0.4, 0.5) is 4.79 Å². The van der Waals surface area contributed by atoms with Crippen LogP contribution in [0.1, 0.15) is 28.8 Å². The molecule has 2 aromatic rings. The van der Waals surface area contributed by atoms with E-state index >= 15 is 0 Å². The Kier molecular flexibility index (Phi) is 8.32. The second-order valence-corrected chi connectivity index (χ2v) is 9.90. The van der Waals surface area contributed by atoms with Gasteiger partial charge in [-0.2, -0.15) is 0 Å². The van der Waals surface area contributed by atoms with Gasteiger partial charge < -0.3 is 15.0 Å². The minimum absolute atomic E-state index is 0.0763. The van der Waals surface area contributed by atoms with Crippen molar-refractivity contribution in [2.75, 3.05) is 33.3 Å². The van der Waals surface area contributed by atoms with E-state index in [1.54, 1.807) is 66.6 Å². The maximum atomic E-state index is 12.7. The summed E-state index contributed by atoms with van der Waals surface area (Å²) in [5.41, 5.74) is 1.36. The first-order valence-electron chi connectivity index (χ1n) is 11.6. The fourth-order valence-corrected chi connectivity index (χ4v) is 5.09. The standard InChI is InChI=1S/C26H26ClN3O5S/c1-35-21-8-2-17(3-9-21)16-22-25(33)30(26(34)36-22)15-12-28-23(31)18-10-13-29(14-11-18)24(32)19-4-6-20(27)7-5-19/h2-9,16,18H,10-15H2,1H3,(H,28,31)/b22-16-. The van der Waals surface area contributed by atoms with Gasteiger partial charge in [-0.15, -0.1) is 0 Å². The zero-order chi connectivity index (χ0) is 25.7. The number of halogens is 1. The Hall–Kier alpha value is -3.30. The van der Waals surface area contributed by atoms with E-state index in [2.05, 4.69) is 5.32 Å². The van der Waals surface area contributed by atoms with Gasteiger partial charge in [0.2, 0.25) is 5.91 Å². The number of hydrogen-bond donors (Lipinski definition) is 1. The zero-order valence-electron chi connectivity index (χ0n) is 19.7. The molecule has 0 aliphatic carbocycles. The van der Waals surface area contributed by atoms with Crippen LogP contribution in [-0.4, -0.2) is 66.0 Å². The lowest BCUT2D eigenvalue weighted by atomic mass is 9.95. The predicted octanol–water partition coefficient (Wildman–Crippen LogP) is 4.05. The molecule has 0 saturated carbocycles. The van der Waals surface area contributed by atoms with Crippen LogP contribution >= 0.6 is 23.4 Å². The number of nitrogens with one attached hydrogen (secondary N) is 1. The highest BCUT2D eigenvalue weighted by Crippen LogP contribution is 2.32. The quantitative estimate of drug-likeness (QED) is 0.546. The fraction of sp³-hybridized carbons (Fsp3) is 0.308. The molecule has 0 unspecified atom stereocenters. The highest BCUT2D eigenvalue weighted by molar-refractivity contribution is 8.18. The van der Waals surface area contributed by atoms with E-state index in [-0.39, 0.29) is 42.0 Å². The first kappa shape index (κ1) is 25.8. The molecule has 0 radical (unpaired) electrons. The molecule has 0 aromatic heterocycles. The summed E-state index contributed by atoms with van der Waals surface area (Å²) in [5.74, 6) is -0.0926. The third-order valence-electron chi connectivity index (χ3n) is 6.17. The maximum Gasteiger partial charge on any atom is 0.293 e. The molecule has 2 fully saturated rings. The number of methoxy groups -OCH3 is 1. The van der Waals surface area contributed by atoms with Gasteiger partial charge in [0.1, 0.15) is 5.75 Å². The number of nitrogens with zero attached hydrogens (tertiary/aromatic N) is 2. The number of imide groups is 1. The van der Waals surface area contributed by atoms with E-state index in [1.807, 2.05) is 0 Å². The molecule has 36 heavy (non-hydrogen) atoms. The van der Waals surface area contributed by atoms with Crippen LogP contribution in [0.15, 0.2) is 53.4 Å². The first-order chi connectivity index (χ1) is 17.4. The fourth-order valence-electron chi connectivity index (χ4n) is 4.10. The number of hydrogen-bond acceptors (Lipinski definition) is 6. The van der Waals surface area contributed by atoms with Gasteiger partial charge in [-0.25, -0.2) is 0 Å². The first-order valence-corrected chi connectivity index (χ1v) is 12.8. The van der Waals surface area contributed by atoms with Gasteiger partial charge in [-0.05, 0) is 72.6 Å². The van der Waals surface area contributed by atoms with E-state index in [1.165, 1.54) is 0 Å². The van der Waals surface area contributed by atoms with Crippen LogP contribution in [0.2, 0.25) is 5.02 Å². The highest BCUT2D eigenvalue weighted by Gasteiger charge is 2.35. The second kappa shape index (κ2) is 11.6. The van der Waals surface area contributed by atoms with Gasteiger partial charge in [-0.1, -0.05) is 23.7 Å². The third kappa shape index (κ3) is 6.09. The smallest absolute Gasteiger partial charge is 0.293 e. The Morgan fingerprint density at radius 3 is 2.39 bits per heavy atom. The molecule has 2 heterocycles. The molecule has 2 aromatic carbocycles. The van der Waals surface area contributed by atoms with Gasteiger partial charge in [0, 0.05) is 42.7 Å². The summed E-state index contributed by atoms with van der Waals surface area (Å²) in [6, 6.07) is 13.9. The minimum Gasteiger partial charge on any atom is -0.497 e. The largest absolute Gasteiger partial charge is 0.497 e. The lowest BCUT2D eigenvalue weighted by Crippen LogP contribution is -2.44. The Labute approximate surface area is 218 Å². The topological polar surface area (TPSA) is 96.0 Å². The van der Waals surface area contributed by atoms with Crippen LogP contribution < -0.4 is 10.1 Å². The van der Waals surface area contributed by atoms with Crippen molar-refractivity contribution in [1.82, 2.24) is 15.1 Å². The van der Waals surface area contributed by atoms with Crippen LogP contribution in [0.3, 0.4) is 0 Å². The molecule has 1 N–H and O–H groups in total. The lowest BCUT2D eigenvalue weighted by molar-refractivity contribution is -0.127. The monoisotopic (exact) mass is 527 g/mol. The van der Waals surface area contributed by atoms with Gasteiger partial charge in [-0.3, -0.25) is 24.1 Å². The molecule has 4 rings (SSSR count). The van der Waals surface area contributed by atoms with Crippen molar-refractivity contribution in [2.24, 2.45) is 5.92 Å². The van der Waals surface area contributed by atoms with Gasteiger partial charge in [0.25, 0.3) is 17.1 Å². The van der Waals surface area contributed by atoms with Gasteiger partial charge in [0.05, 0.1) is 12.0 Å². The predicted molar refractivity (Wildman–Crippen MR) is 139 cm³/mol. The summed E-state index contributed by atoms with van der Waals surface area (Å²) in [6.45, 7) is 1.25. The third-order valence-corrected chi connectivity index (χ3v) is 7.33. The summed E-state index contributed by atoms with van der Waals surface area (Å²) in [6.07, 6.45) is 2.77. The van der Waals surface area contributed by atoms with E-state index in [4.69, 9.17) is 16.3 Å². The van der Waals surface area contributed by atoms with Crippen LogP contribution in [0, 0.1) is 5.92 Å². The van der Waals surface area contributed by atoms with Crippen LogP contribution in [0.5, 0.6) is 5.75 Å². The van der Waals surface area contributed by atoms with Crippen molar-refractivity contribution in [3.8, 4) is 5.75 Å². The Balaban J connectivity index is 1.23. The van der Waals surface area contributed by atoms with E-state index < -0.39 is 0 Å². The molecule has 0 bridgehead atoms. The summed E-state index contributed by atoms with van der Waals surface area (Å²) in [5, 5.41) is 3.05. The molecule has 2 aliphatic rings. The average Bonchev–Trinajstić information content (AvgIpc) is 3.16. The summed E-state index contributed by atoms with van der Waals surface area (Å²) in [7, 11) is 1.58. The second-order valence-electron chi connectivity index (χ2n) is 8.47. The molecule has 188 valence electrons. The maximum absolute atomic E-state index is 12.7. The van der Waals surface area contributed by atoms with Crippen LogP contribution in [0.25, 0.3) is 6.08 Å². The van der Waals surface area contributed by atoms with Crippen molar-refractivity contribution in [3.63, 3.8) is 0 Å². The van der Waals surface area contributed by atoms with Crippen molar-refractivity contribution in [3.05, 3.63) is 69.6 Å². The molecule has 8 nitrogen and oxygen atoms in total. The number of carbonyl (C=O) groups is 4. The van der Waals surface area contributed by atoms with Gasteiger partial charge in [0.15, 0.2) is 0 Å². The van der Waals surface area contributed by atoms with Crippen molar-refractivity contribution in [2.45, 2.75) is 12.8 Å². The number of rotatable bonds is 7. The number of carbonyl (C=O) groups excluding carboxylic acids is 4. The van der Waals surface area contributed by atoms with E-state index in [9.17, 15) is 19.2 Å². The Morgan fingerprint density at radius 1 is 1.08 bits per heavy atom. The van der Waals surface area contributed by atoms with Crippen LogP contribution in [-0.2, 0) is 9.59 Å². The van der Waals surface area contributed by atoms with Crippen molar-refractivity contribution < 1.29 is 23.9 Å². The number of amides is 4. The molecule has 0 spiro atoms. The Morgan fingerprint density at radius 2 is 1.75 bits per heavy atom. The number of thioether (sulfide) groups is 1. The summed E-state index contributed by atoms with van der Waals surface area (Å²) >= 11 is 6.77. The molecular weight excluding hydrogens is 502 g/mol. The lowest BCUT2D eigenvalue weighted by Gasteiger charge is -2.31. The number of piperidine rings is 1. The van der Waals surface area contributed by atoms with E-state index in [0.717, 1.165) is 22.2 Å². The SMILES string of the molecule is COc1ccc(/C=C2\SC(=O)N(CCNC(=O)C3CCN(C(=O)c4ccc(Cl)cc4)CC3)C2=O)cc1. The highest BCUT2D eigenvalue weighted by atomic mass is 35.5. The minimum atomic E-state index is -0.371. The number of ether oxygens (including phenoxy) is 1. The normalized spacial score (nSPS) is 17.6. The summed E-state index contributed by atoms with van der Waals surface area (Å²) < 4.78 is 5.13. The van der Waals surface area contributed by atoms with E-state index in [0.29, 0.717) is 47.2 Å². The Bertz CT molecular complexity index is 1180. The molecule has 10 heteroatoms. The molecule has 2 aliphatic heterocycles. The van der Waals surface area contributed by atoms with Gasteiger partial charge >= 0.3 is 0 Å². The van der Waals surface area contributed by atoms with Crippen molar-refractivity contribution in [1.29, 1.82) is 0 Å². The molecule has 4 amide bonds. The molecular formula is C26H26ClN3O5S. The average molecular weight is 528 g/mol. The zero-order valence-corrected chi connectivity index (χ0v) is 21.3.